The first kappa shape index (κ1) is 14.3. The van der Waals surface area contributed by atoms with Gasteiger partial charge in [0.25, 0.3) is 0 Å². The largest absolute Gasteiger partial charge is 0.371 e. The molecule has 1 aliphatic heterocycles. The summed E-state index contributed by atoms with van der Waals surface area (Å²) in [6.45, 7) is 10.5. The number of nitrogens with one attached hydrogen (secondary N) is 1. The van der Waals surface area contributed by atoms with Crippen LogP contribution < -0.4 is 10.2 Å². The molecule has 1 heterocycles. The molecule has 1 N–H and O–H groups in total. The second kappa shape index (κ2) is 5.91. The summed E-state index contributed by atoms with van der Waals surface area (Å²) in [7, 11) is 0. The van der Waals surface area contributed by atoms with E-state index in [-0.39, 0.29) is 5.82 Å². The van der Waals surface area contributed by atoms with Crippen LogP contribution >= 0.6 is 0 Å². The zero-order valence-corrected chi connectivity index (χ0v) is 12.3. The highest BCUT2D eigenvalue weighted by molar-refractivity contribution is 5.54. The molecule has 19 heavy (non-hydrogen) atoms. The number of rotatable bonds is 4. The van der Waals surface area contributed by atoms with E-state index in [2.05, 4.69) is 31.0 Å². The molecule has 0 radical (unpaired) electrons. The fourth-order valence-corrected chi connectivity index (χ4v) is 2.62. The van der Waals surface area contributed by atoms with Gasteiger partial charge in [-0.1, -0.05) is 20.8 Å². The maximum atomic E-state index is 13.4. The van der Waals surface area contributed by atoms with Gasteiger partial charge >= 0.3 is 0 Å². The van der Waals surface area contributed by atoms with Gasteiger partial charge in [0.15, 0.2) is 0 Å². The van der Waals surface area contributed by atoms with Crippen molar-refractivity contribution >= 4 is 5.69 Å². The van der Waals surface area contributed by atoms with Gasteiger partial charge in [0, 0.05) is 25.3 Å². The Labute approximate surface area is 116 Å². The molecular weight excluding hydrogens is 239 g/mol. The van der Waals surface area contributed by atoms with Crippen LogP contribution in [0.3, 0.4) is 0 Å². The molecule has 0 aromatic heterocycles. The predicted molar refractivity (Wildman–Crippen MR) is 79.0 cm³/mol. The van der Waals surface area contributed by atoms with E-state index in [0.29, 0.717) is 5.41 Å². The molecule has 1 fully saturated rings. The molecule has 106 valence electrons. The van der Waals surface area contributed by atoms with Gasteiger partial charge in [0.05, 0.1) is 0 Å². The molecule has 0 amide bonds. The van der Waals surface area contributed by atoms with Crippen molar-refractivity contribution < 1.29 is 4.39 Å². The molecule has 0 bridgehead atoms. The van der Waals surface area contributed by atoms with E-state index in [1.165, 1.54) is 18.5 Å². The van der Waals surface area contributed by atoms with Crippen molar-refractivity contribution in [2.75, 3.05) is 24.5 Å². The van der Waals surface area contributed by atoms with E-state index >= 15 is 0 Å². The molecule has 1 aromatic rings. The van der Waals surface area contributed by atoms with E-state index in [1.54, 1.807) is 12.1 Å². The Hall–Kier alpha value is -1.09. The molecule has 0 unspecified atom stereocenters. The average Bonchev–Trinajstić information content (AvgIpc) is 2.37. The van der Waals surface area contributed by atoms with E-state index in [0.717, 1.165) is 31.7 Å². The van der Waals surface area contributed by atoms with E-state index in [9.17, 15) is 4.39 Å². The Morgan fingerprint density at radius 1 is 1.26 bits per heavy atom. The van der Waals surface area contributed by atoms with Gasteiger partial charge < -0.3 is 10.2 Å². The molecule has 0 atom stereocenters. The van der Waals surface area contributed by atoms with Crippen LogP contribution in [0, 0.1) is 11.2 Å². The summed E-state index contributed by atoms with van der Waals surface area (Å²) in [5, 5.41) is 3.29. The lowest BCUT2D eigenvalue weighted by Gasteiger charge is -2.39. The SMILES string of the molecule is CCNCc1cc(F)ccc1N1CCC(C)(C)CC1. The van der Waals surface area contributed by atoms with Crippen molar-refractivity contribution in [3.05, 3.63) is 29.6 Å². The number of piperidine rings is 1. The zero-order chi connectivity index (χ0) is 13.9. The fraction of sp³-hybridized carbons (Fsp3) is 0.625. The summed E-state index contributed by atoms with van der Waals surface area (Å²) in [6.07, 6.45) is 2.40. The van der Waals surface area contributed by atoms with Crippen molar-refractivity contribution in [3.8, 4) is 0 Å². The summed E-state index contributed by atoms with van der Waals surface area (Å²) in [5.74, 6) is -0.144. The summed E-state index contributed by atoms with van der Waals surface area (Å²) in [6, 6.07) is 5.17. The van der Waals surface area contributed by atoms with Crippen LogP contribution in [0.5, 0.6) is 0 Å². The normalized spacial score (nSPS) is 18.6. The van der Waals surface area contributed by atoms with Gasteiger partial charge in [-0.2, -0.15) is 0 Å². The molecule has 2 nitrogen and oxygen atoms in total. The van der Waals surface area contributed by atoms with Gasteiger partial charge in [-0.3, -0.25) is 0 Å². The standard InChI is InChI=1S/C16H25FN2/c1-4-18-12-13-11-14(17)5-6-15(13)19-9-7-16(2,3)8-10-19/h5-6,11,18H,4,7-10,12H2,1-3H3. The Kier molecular flexibility index (Phi) is 4.46. The molecule has 1 aromatic carbocycles. The highest BCUT2D eigenvalue weighted by Gasteiger charge is 2.26. The van der Waals surface area contributed by atoms with Crippen molar-refractivity contribution in [2.45, 2.75) is 40.2 Å². The first-order valence-corrected chi connectivity index (χ1v) is 7.26. The third kappa shape index (κ3) is 3.69. The average molecular weight is 264 g/mol. The molecule has 3 heteroatoms. The lowest BCUT2D eigenvalue weighted by molar-refractivity contribution is 0.279. The minimum atomic E-state index is -0.144. The second-order valence-corrected chi connectivity index (χ2v) is 6.20. The highest BCUT2D eigenvalue weighted by Crippen LogP contribution is 2.33. The van der Waals surface area contributed by atoms with Gasteiger partial charge in [-0.25, -0.2) is 4.39 Å². The number of nitrogens with zero attached hydrogens (tertiary/aromatic N) is 1. The minimum Gasteiger partial charge on any atom is -0.371 e. The van der Waals surface area contributed by atoms with Crippen LogP contribution in [0.4, 0.5) is 10.1 Å². The summed E-state index contributed by atoms with van der Waals surface area (Å²) < 4.78 is 13.4. The van der Waals surface area contributed by atoms with Crippen LogP contribution in [0.2, 0.25) is 0 Å². The summed E-state index contributed by atoms with van der Waals surface area (Å²) in [4.78, 5) is 2.40. The first-order chi connectivity index (χ1) is 9.02. The third-order valence-corrected chi connectivity index (χ3v) is 4.06. The lowest BCUT2D eigenvalue weighted by atomic mass is 9.82. The van der Waals surface area contributed by atoms with Crippen molar-refractivity contribution in [3.63, 3.8) is 0 Å². The van der Waals surface area contributed by atoms with Crippen molar-refractivity contribution in [1.82, 2.24) is 5.32 Å². The molecule has 1 saturated heterocycles. The van der Waals surface area contributed by atoms with Crippen LogP contribution in [0.1, 0.15) is 39.2 Å². The van der Waals surface area contributed by atoms with E-state index < -0.39 is 0 Å². The number of benzene rings is 1. The highest BCUT2D eigenvalue weighted by atomic mass is 19.1. The number of halogens is 1. The Morgan fingerprint density at radius 3 is 2.58 bits per heavy atom. The maximum absolute atomic E-state index is 13.4. The van der Waals surface area contributed by atoms with Crippen LogP contribution in [-0.2, 0) is 6.54 Å². The first-order valence-electron chi connectivity index (χ1n) is 7.26. The second-order valence-electron chi connectivity index (χ2n) is 6.20. The molecule has 0 saturated carbocycles. The van der Waals surface area contributed by atoms with Crippen molar-refractivity contribution in [1.29, 1.82) is 0 Å². The van der Waals surface area contributed by atoms with E-state index in [1.807, 2.05) is 6.07 Å². The Morgan fingerprint density at radius 2 is 1.95 bits per heavy atom. The minimum absolute atomic E-state index is 0.144. The molecule has 2 rings (SSSR count). The van der Waals surface area contributed by atoms with Crippen LogP contribution in [0.15, 0.2) is 18.2 Å². The van der Waals surface area contributed by atoms with Crippen LogP contribution in [-0.4, -0.2) is 19.6 Å². The van der Waals surface area contributed by atoms with Gasteiger partial charge in [-0.05, 0) is 48.6 Å². The molecule has 0 aliphatic carbocycles. The number of hydrogen-bond donors (Lipinski definition) is 1. The number of anilines is 1. The molecule has 1 aliphatic rings. The van der Waals surface area contributed by atoms with Gasteiger partial charge in [0.2, 0.25) is 0 Å². The third-order valence-electron chi connectivity index (χ3n) is 4.06. The smallest absolute Gasteiger partial charge is 0.123 e. The zero-order valence-electron chi connectivity index (χ0n) is 12.3. The summed E-state index contributed by atoms with van der Waals surface area (Å²) >= 11 is 0. The van der Waals surface area contributed by atoms with Crippen LogP contribution in [0.25, 0.3) is 0 Å². The Bertz CT molecular complexity index is 419. The topological polar surface area (TPSA) is 15.3 Å². The maximum Gasteiger partial charge on any atom is 0.123 e. The quantitative estimate of drug-likeness (QED) is 0.894. The van der Waals surface area contributed by atoms with Gasteiger partial charge in [0.1, 0.15) is 5.82 Å². The summed E-state index contributed by atoms with van der Waals surface area (Å²) in [5.41, 5.74) is 2.71. The fourth-order valence-electron chi connectivity index (χ4n) is 2.62. The predicted octanol–water partition coefficient (Wildman–Crippen LogP) is 3.56. The van der Waals surface area contributed by atoms with Crippen molar-refractivity contribution in [2.24, 2.45) is 5.41 Å². The Balaban J connectivity index is 2.15. The molecular formula is C16H25FN2. The monoisotopic (exact) mass is 264 g/mol. The lowest BCUT2D eigenvalue weighted by Crippen LogP contribution is -2.38. The van der Waals surface area contributed by atoms with Gasteiger partial charge in [-0.15, -0.1) is 0 Å². The number of hydrogen-bond acceptors (Lipinski definition) is 2. The van der Waals surface area contributed by atoms with E-state index in [4.69, 9.17) is 0 Å². The molecule has 0 spiro atoms.